The van der Waals surface area contributed by atoms with Crippen LogP contribution in [0.3, 0.4) is 0 Å². The summed E-state index contributed by atoms with van der Waals surface area (Å²) >= 11 is -0.0873. The monoisotopic (exact) mass is 283 g/mol. The van der Waals surface area contributed by atoms with Crippen molar-refractivity contribution >= 4 is 20.4 Å². The molecule has 62 valence electrons. The van der Waals surface area contributed by atoms with E-state index in [4.69, 9.17) is 5.26 Å². The van der Waals surface area contributed by atoms with Crippen molar-refractivity contribution < 1.29 is 0 Å². The second-order valence-corrected chi connectivity index (χ2v) is 5.37. The molecule has 0 saturated heterocycles. The van der Waals surface area contributed by atoms with Crippen LogP contribution in [0.4, 0.5) is 0 Å². The summed E-state index contributed by atoms with van der Waals surface area (Å²) in [6.07, 6.45) is 0. The summed E-state index contributed by atoms with van der Waals surface area (Å²) in [7, 11) is 0. The molecule has 0 N–H and O–H groups in total. The van der Waals surface area contributed by atoms with Crippen molar-refractivity contribution in [2.24, 2.45) is 0 Å². The fourth-order valence-corrected chi connectivity index (χ4v) is 3.24. The van der Waals surface area contributed by atoms with Crippen molar-refractivity contribution in [3.63, 3.8) is 0 Å². The van der Waals surface area contributed by atoms with Crippen molar-refractivity contribution in [3.8, 4) is 15.2 Å². The van der Waals surface area contributed by atoms with Crippen molar-refractivity contribution in [2.75, 3.05) is 0 Å². The molecule has 1 aromatic heterocycles. The first-order valence-corrected chi connectivity index (χ1v) is 6.45. The fraction of sp³-hybridized carbons (Fsp3) is 0. The first-order valence-electron chi connectivity index (χ1n) is 3.94. The molecule has 0 amide bonds. The summed E-state index contributed by atoms with van der Waals surface area (Å²) in [6.45, 7) is 0. The van der Waals surface area contributed by atoms with E-state index in [1.165, 1.54) is 9.14 Å². The summed E-state index contributed by atoms with van der Waals surface area (Å²) in [5, 5.41) is 8.62. The quantitative estimate of drug-likeness (QED) is 0.735. The molecule has 13 heavy (non-hydrogen) atoms. The van der Waals surface area contributed by atoms with Gasteiger partial charge in [0.25, 0.3) is 0 Å². The predicted octanol–water partition coefficient (Wildman–Crippen LogP) is 2.28. The van der Waals surface area contributed by atoms with Gasteiger partial charge in [-0.2, -0.15) is 0 Å². The molecule has 0 aliphatic carbocycles. The standard InChI is InChI=1S/C11H7NTe/c12-8-9-3-5-10(6-4-9)11-2-1-7-13-11/h1-7H. The van der Waals surface area contributed by atoms with E-state index in [1.54, 1.807) is 0 Å². The molecule has 1 heterocycles. The zero-order valence-electron chi connectivity index (χ0n) is 6.90. The number of hydrogen-bond donors (Lipinski definition) is 0. The zero-order valence-corrected chi connectivity index (χ0v) is 9.23. The summed E-state index contributed by atoms with van der Waals surface area (Å²) in [5.74, 6) is 0. The molecule has 0 unspecified atom stereocenters. The van der Waals surface area contributed by atoms with Crippen LogP contribution in [0.15, 0.2) is 40.5 Å². The maximum atomic E-state index is 8.62. The third-order valence-corrected chi connectivity index (χ3v) is 4.44. The van der Waals surface area contributed by atoms with Gasteiger partial charge >= 0.3 is 86.9 Å². The van der Waals surface area contributed by atoms with Gasteiger partial charge in [-0.15, -0.1) is 0 Å². The molecular weight excluding hydrogens is 274 g/mol. The van der Waals surface area contributed by atoms with Crippen LogP contribution in [0, 0.1) is 11.3 Å². The normalized spacial score (nSPS) is 9.46. The molecule has 0 bridgehead atoms. The Hall–Kier alpha value is -1.02. The molecule has 2 rings (SSSR count). The number of hydrogen-bond acceptors (Lipinski definition) is 1. The van der Waals surface area contributed by atoms with Gasteiger partial charge in [-0.1, -0.05) is 0 Å². The van der Waals surface area contributed by atoms with Crippen LogP contribution in [0.5, 0.6) is 0 Å². The van der Waals surface area contributed by atoms with Crippen LogP contribution < -0.4 is 0 Å². The van der Waals surface area contributed by atoms with Crippen molar-refractivity contribution in [3.05, 3.63) is 46.0 Å². The molecule has 0 atom stereocenters. The Morgan fingerprint density at radius 2 is 1.85 bits per heavy atom. The SMILES string of the molecule is N#Cc1ccc(-c2ccc[te]2)cc1. The Balaban J connectivity index is 2.40. The Bertz CT molecular complexity index is 420. The third kappa shape index (κ3) is 1.83. The van der Waals surface area contributed by atoms with Crippen molar-refractivity contribution in [1.82, 2.24) is 0 Å². The van der Waals surface area contributed by atoms with E-state index in [-0.39, 0.29) is 20.4 Å². The topological polar surface area (TPSA) is 23.8 Å². The summed E-state index contributed by atoms with van der Waals surface area (Å²) in [5.41, 5.74) is 2.00. The first kappa shape index (κ1) is 8.57. The Kier molecular flexibility index (Phi) is 2.50. The van der Waals surface area contributed by atoms with Crippen LogP contribution in [0.25, 0.3) is 9.14 Å². The van der Waals surface area contributed by atoms with Crippen molar-refractivity contribution in [1.29, 1.82) is 5.26 Å². The molecule has 2 heteroatoms. The molecule has 1 nitrogen and oxygen atoms in total. The Morgan fingerprint density at radius 3 is 2.38 bits per heavy atom. The third-order valence-electron chi connectivity index (χ3n) is 1.82. The van der Waals surface area contributed by atoms with E-state index in [0.717, 1.165) is 5.56 Å². The number of nitrogens with zero attached hydrogens (tertiary/aromatic N) is 1. The van der Waals surface area contributed by atoms with E-state index >= 15 is 0 Å². The number of rotatable bonds is 1. The second-order valence-electron chi connectivity index (χ2n) is 2.67. The average molecular weight is 281 g/mol. The van der Waals surface area contributed by atoms with E-state index in [2.05, 4.69) is 22.3 Å². The molecule has 0 saturated carbocycles. The zero-order chi connectivity index (χ0) is 9.10. The predicted molar refractivity (Wildman–Crippen MR) is 53.5 cm³/mol. The Labute approximate surface area is 86.9 Å². The van der Waals surface area contributed by atoms with Gasteiger partial charge in [0.15, 0.2) is 0 Å². The van der Waals surface area contributed by atoms with Crippen LogP contribution >= 0.6 is 0 Å². The molecule has 0 aliphatic rings. The van der Waals surface area contributed by atoms with Gasteiger partial charge in [-0.3, -0.25) is 0 Å². The van der Waals surface area contributed by atoms with Gasteiger partial charge < -0.3 is 0 Å². The summed E-state index contributed by atoms with van der Waals surface area (Å²) < 4.78 is 3.72. The molecule has 0 spiro atoms. The van der Waals surface area contributed by atoms with Crippen LogP contribution in [0.2, 0.25) is 0 Å². The van der Waals surface area contributed by atoms with Crippen LogP contribution in [0.1, 0.15) is 5.56 Å². The first-order chi connectivity index (χ1) is 6.40. The van der Waals surface area contributed by atoms with E-state index < -0.39 is 0 Å². The molecule has 0 radical (unpaired) electrons. The molecule has 2 aromatic rings. The van der Waals surface area contributed by atoms with Gasteiger partial charge in [-0.05, 0) is 0 Å². The minimum atomic E-state index is -0.0873. The number of benzene rings is 1. The average Bonchev–Trinajstić information content (AvgIpc) is 2.71. The molecule has 0 aliphatic heterocycles. The van der Waals surface area contributed by atoms with E-state index in [9.17, 15) is 0 Å². The van der Waals surface area contributed by atoms with Gasteiger partial charge in [0.05, 0.1) is 0 Å². The molecule has 0 fully saturated rings. The second kappa shape index (κ2) is 3.79. The minimum absolute atomic E-state index is 0.0873. The summed E-state index contributed by atoms with van der Waals surface area (Å²) in [6, 6.07) is 14.2. The number of nitriles is 1. The maximum absolute atomic E-state index is 8.62. The van der Waals surface area contributed by atoms with Gasteiger partial charge in [0.2, 0.25) is 0 Å². The van der Waals surface area contributed by atoms with Crippen LogP contribution in [-0.4, -0.2) is 20.4 Å². The van der Waals surface area contributed by atoms with Gasteiger partial charge in [-0.25, -0.2) is 0 Å². The fourth-order valence-electron chi connectivity index (χ4n) is 1.15. The molecule has 1 aromatic carbocycles. The van der Waals surface area contributed by atoms with Crippen molar-refractivity contribution in [2.45, 2.75) is 0 Å². The molecular formula is C11H7NTe. The summed E-state index contributed by atoms with van der Waals surface area (Å²) in [4.78, 5) is 0. The van der Waals surface area contributed by atoms with E-state index in [1.807, 2.05) is 24.3 Å². The van der Waals surface area contributed by atoms with Gasteiger partial charge in [0.1, 0.15) is 0 Å². The van der Waals surface area contributed by atoms with Gasteiger partial charge in [0, 0.05) is 0 Å². The van der Waals surface area contributed by atoms with Crippen LogP contribution in [-0.2, 0) is 0 Å². The Morgan fingerprint density at radius 1 is 1.08 bits per heavy atom. The van der Waals surface area contributed by atoms with E-state index in [0.29, 0.717) is 0 Å².